The van der Waals surface area contributed by atoms with Crippen LogP contribution in [0.5, 0.6) is 0 Å². The smallest absolute Gasteiger partial charge is 0.316 e. The van der Waals surface area contributed by atoms with Gasteiger partial charge < -0.3 is 4.74 Å². The highest BCUT2D eigenvalue weighted by Crippen LogP contribution is 2.05. The van der Waals surface area contributed by atoms with E-state index in [1.165, 1.54) is 11.8 Å². The Morgan fingerprint density at radius 1 is 1.62 bits per heavy atom. The molecule has 0 saturated carbocycles. The molecule has 0 unspecified atom stereocenters. The molecule has 0 radical (unpaired) electrons. The van der Waals surface area contributed by atoms with E-state index in [9.17, 15) is 4.79 Å². The highest BCUT2D eigenvalue weighted by molar-refractivity contribution is 7.99. The Balaban J connectivity index is 3.23. The lowest BCUT2D eigenvalue weighted by Crippen LogP contribution is -2.13. The SMILES string of the molecule is CC(C)OC(=O)CSCCCC#N. The second kappa shape index (κ2) is 7.93. The van der Waals surface area contributed by atoms with Gasteiger partial charge in [-0.15, -0.1) is 0 Å². The van der Waals surface area contributed by atoms with Crippen LogP contribution in [0, 0.1) is 11.3 Å². The average Bonchev–Trinajstić information content (AvgIpc) is 2.02. The molecule has 3 nitrogen and oxygen atoms in total. The standard InChI is InChI=1S/C9H15NO2S/c1-8(2)12-9(11)7-13-6-4-3-5-10/h8H,3-4,6-7H2,1-2H3. The van der Waals surface area contributed by atoms with Crippen molar-refractivity contribution in [3.05, 3.63) is 0 Å². The number of hydrogen-bond acceptors (Lipinski definition) is 4. The van der Waals surface area contributed by atoms with Crippen molar-refractivity contribution in [2.24, 2.45) is 0 Å². The number of carbonyl (C=O) groups excluding carboxylic acids is 1. The molecule has 0 heterocycles. The maximum absolute atomic E-state index is 11.0. The van der Waals surface area contributed by atoms with Gasteiger partial charge in [-0.3, -0.25) is 4.79 Å². The molecule has 0 aliphatic heterocycles. The molecule has 74 valence electrons. The molecule has 0 atom stereocenters. The first-order chi connectivity index (χ1) is 6.16. The van der Waals surface area contributed by atoms with Crippen molar-refractivity contribution < 1.29 is 9.53 Å². The number of unbranched alkanes of at least 4 members (excludes halogenated alkanes) is 1. The zero-order chi connectivity index (χ0) is 10.1. The molecule has 0 aromatic heterocycles. The van der Waals surface area contributed by atoms with Gasteiger partial charge in [-0.1, -0.05) is 0 Å². The van der Waals surface area contributed by atoms with Gasteiger partial charge in [0.25, 0.3) is 0 Å². The molecular weight excluding hydrogens is 186 g/mol. The van der Waals surface area contributed by atoms with Crippen LogP contribution in [0.25, 0.3) is 0 Å². The van der Waals surface area contributed by atoms with Gasteiger partial charge in [-0.2, -0.15) is 17.0 Å². The molecule has 0 saturated heterocycles. The lowest BCUT2D eigenvalue weighted by Gasteiger charge is -2.06. The van der Waals surface area contributed by atoms with E-state index in [2.05, 4.69) is 6.07 Å². The monoisotopic (exact) mass is 201 g/mol. The minimum absolute atomic E-state index is 0.0350. The molecule has 0 N–H and O–H groups in total. The van der Waals surface area contributed by atoms with Crippen LogP contribution >= 0.6 is 11.8 Å². The lowest BCUT2D eigenvalue weighted by molar-refractivity contribution is -0.144. The van der Waals surface area contributed by atoms with E-state index in [1.807, 2.05) is 13.8 Å². The van der Waals surface area contributed by atoms with E-state index in [0.29, 0.717) is 12.2 Å². The minimum atomic E-state index is -0.169. The molecular formula is C9H15NO2S. The third-order valence-electron chi connectivity index (χ3n) is 1.16. The molecule has 4 heteroatoms. The Hall–Kier alpha value is -0.690. The topological polar surface area (TPSA) is 50.1 Å². The van der Waals surface area contributed by atoms with Gasteiger partial charge in [0.05, 0.1) is 17.9 Å². The first-order valence-corrected chi connectivity index (χ1v) is 5.46. The van der Waals surface area contributed by atoms with E-state index in [1.54, 1.807) is 0 Å². The Bertz CT molecular complexity index is 187. The highest BCUT2D eigenvalue weighted by atomic mass is 32.2. The maximum atomic E-state index is 11.0. The first-order valence-electron chi connectivity index (χ1n) is 4.31. The predicted molar refractivity (Wildman–Crippen MR) is 53.4 cm³/mol. The Morgan fingerprint density at radius 3 is 2.85 bits per heavy atom. The summed E-state index contributed by atoms with van der Waals surface area (Å²) < 4.78 is 4.93. The van der Waals surface area contributed by atoms with Crippen LogP contribution in [-0.2, 0) is 9.53 Å². The second-order valence-corrected chi connectivity index (χ2v) is 3.96. The van der Waals surface area contributed by atoms with E-state index in [-0.39, 0.29) is 12.1 Å². The normalized spacial score (nSPS) is 9.69. The number of esters is 1. The molecule has 0 aliphatic rings. The Kier molecular flexibility index (Phi) is 7.51. The van der Waals surface area contributed by atoms with Crippen LogP contribution in [0.1, 0.15) is 26.7 Å². The summed E-state index contributed by atoms with van der Waals surface area (Å²) in [6, 6.07) is 2.06. The lowest BCUT2D eigenvalue weighted by atomic mass is 10.4. The molecule has 0 aromatic carbocycles. The summed E-state index contributed by atoms with van der Waals surface area (Å²) in [7, 11) is 0. The van der Waals surface area contributed by atoms with Crippen LogP contribution in [0.2, 0.25) is 0 Å². The molecule has 0 aromatic rings. The minimum Gasteiger partial charge on any atom is -0.462 e. The van der Waals surface area contributed by atoms with Crippen LogP contribution in [0.3, 0.4) is 0 Å². The van der Waals surface area contributed by atoms with Crippen molar-refractivity contribution >= 4 is 17.7 Å². The van der Waals surface area contributed by atoms with Gasteiger partial charge in [0.15, 0.2) is 0 Å². The van der Waals surface area contributed by atoms with Crippen molar-refractivity contribution in [3.63, 3.8) is 0 Å². The van der Waals surface area contributed by atoms with Gasteiger partial charge >= 0.3 is 5.97 Å². The van der Waals surface area contributed by atoms with Gasteiger partial charge in [0.2, 0.25) is 0 Å². The first kappa shape index (κ1) is 12.3. The number of carbonyl (C=O) groups is 1. The average molecular weight is 201 g/mol. The summed E-state index contributed by atoms with van der Waals surface area (Å²) in [5.74, 6) is 1.07. The second-order valence-electron chi connectivity index (χ2n) is 2.85. The largest absolute Gasteiger partial charge is 0.462 e. The summed E-state index contributed by atoms with van der Waals surface area (Å²) in [6.07, 6.45) is 1.37. The zero-order valence-electron chi connectivity index (χ0n) is 8.08. The van der Waals surface area contributed by atoms with Gasteiger partial charge in [-0.25, -0.2) is 0 Å². The van der Waals surface area contributed by atoms with E-state index < -0.39 is 0 Å². The summed E-state index contributed by atoms with van der Waals surface area (Å²) in [6.45, 7) is 3.66. The van der Waals surface area contributed by atoms with Gasteiger partial charge in [0, 0.05) is 6.42 Å². The third-order valence-corrected chi connectivity index (χ3v) is 2.18. The fourth-order valence-corrected chi connectivity index (χ4v) is 1.43. The number of ether oxygens (including phenoxy) is 1. The number of thioether (sulfide) groups is 1. The van der Waals surface area contributed by atoms with Crippen LogP contribution in [0.15, 0.2) is 0 Å². The zero-order valence-corrected chi connectivity index (χ0v) is 8.89. The van der Waals surface area contributed by atoms with E-state index in [0.717, 1.165) is 12.2 Å². The molecule has 13 heavy (non-hydrogen) atoms. The molecule has 0 amide bonds. The van der Waals surface area contributed by atoms with Crippen molar-refractivity contribution in [1.82, 2.24) is 0 Å². The highest BCUT2D eigenvalue weighted by Gasteiger charge is 2.04. The number of nitriles is 1. The van der Waals surface area contributed by atoms with Crippen LogP contribution in [-0.4, -0.2) is 23.6 Å². The number of hydrogen-bond donors (Lipinski definition) is 0. The van der Waals surface area contributed by atoms with E-state index >= 15 is 0 Å². The number of nitrogens with zero attached hydrogens (tertiary/aromatic N) is 1. The van der Waals surface area contributed by atoms with Crippen LogP contribution in [0.4, 0.5) is 0 Å². The fourth-order valence-electron chi connectivity index (χ4n) is 0.706. The Labute approximate surface area is 83.4 Å². The molecule has 0 spiro atoms. The van der Waals surface area contributed by atoms with E-state index in [4.69, 9.17) is 10.00 Å². The molecule has 0 aliphatic carbocycles. The fraction of sp³-hybridized carbons (Fsp3) is 0.778. The third kappa shape index (κ3) is 9.22. The van der Waals surface area contributed by atoms with Gasteiger partial charge in [-0.05, 0) is 26.0 Å². The molecule has 0 fully saturated rings. The van der Waals surface area contributed by atoms with Crippen molar-refractivity contribution in [3.8, 4) is 6.07 Å². The van der Waals surface area contributed by atoms with Crippen LogP contribution < -0.4 is 0 Å². The summed E-state index contributed by atoms with van der Waals surface area (Å²) >= 11 is 1.52. The summed E-state index contributed by atoms with van der Waals surface area (Å²) in [4.78, 5) is 11.0. The summed E-state index contributed by atoms with van der Waals surface area (Å²) in [5, 5.41) is 8.24. The number of rotatable bonds is 6. The molecule has 0 rings (SSSR count). The predicted octanol–water partition coefficient (Wildman–Crippen LogP) is 1.97. The van der Waals surface area contributed by atoms with Crippen molar-refractivity contribution in [1.29, 1.82) is 5.26 Å². The summed E-state index contributed by atoms with van der Waals surface area (Å²) in [5.41, 5.74) is 0. The van der Waals surface area contributed by atoms with Crippen molar-refractivity contribution in [2.75, 3.05) is 11.5 Å². The quantitative estimate of drug-likeness (QED) is 0.487. The van der Waals surface area contributed by atoms with Crippen molar-refractivity contribution in [2.45, 2.75) is 32.8 Å². The Morgan fingerprint density at radius 2 is 2.31 bits per heavy atom. The molecule has 0 bridgehead atoms. The maximum Gasteiger partial charge on any atom is 0.316 e. The van der Waals surface area contributed by atoms with Gasteiger partial charge in [0.1, 0.15) is 0 Å².